The Bertz CT molecular complexity index is 1320. The second-order valence-electron chi connectivity index (χ2n) is 10.3. The predicted molar refractivity (Wildman–Crippen MR) is 158 cm³/mol. The smallest absolute Gasteiger partial charge is 0.219 e. The van der Waals surface area contributed by atoms with Crippen LogP contribution in [-0.4, -0.2) is 28.5 Å². The highest BCUT2D eigenvalue weighted by atomic mass is 16.5. The number of amides is 1. The number of ether oxygens (including phenoxy) is 2. The fourth-order valence-corrected chi connectivity index (χ4v) is 4.49. The van der Waals surface area contributed by atoms with Crippen LogP contribution in [0.25, 0.3) is 0 Å². The first-order valence-corrected chi connectivity index (χ1v) is 13.6. The first-order valence-electron chi connectivity index (χ1n) is 13.6. The van der Waals surface area contributed by atoms with Gasteiger partial charge in [-0.1, -0.05) is 84.9 Å². The number of rotatable bonds is 10. The minimum absolute atomic E-state index is 0.170. The summed E-state index contributed by atoms with van der Waals surface area (Å²) < 4.78 is 11.0. The summed E-state index contributed by atoms with van der Waals surface area (Å²) in [4.78, 5) is 14.1. The van der Waals surface area contributed by atoms with Gasteiger partial charge in [-0.2, -0.15) is 0 Å². The summed E-state index contributed by atoms with van der Waals surface area (Å²) in [6, 6.07) is 35.6. The molecule has 1 heterocycles. The van der Waals surface area contributed by atoms with Crippen LogP contribution in [0.3, 0.4) is 0 Å². The Morgan fingerprint density at radius 2 is 1.57 bits per heavy atom. The van der Waals surface area contributed by atoms with E-state index in [9.17, 15) is 9.90 Å². The molecule has 6 nitrogen and oxygen atoms in total. The number of hydrogen-bond donors (Lipinski definition) is 2. The molecule has 1 amide bonds. The zero-order valence-electron chi connectivity index (χ0n) is 23.4. The van der Waals surface area contributed by atoms with E-state index in [2.05, 4.69) is 48.3 Å². The highest BCUT2D eigenvalue weighted by molar-refractivity contribution is 5.74. The van der Waals surface area contributed by atoms with E-state index in [4.69, 9.17) is 9.47 Å². The summed E-state index contributed by atoms with van der Waals surface area (Å²) in [6.45, 7) is 7.73. The molecular formula is C34H38N2O4. The maximum atomic E-state index is 12.0. The van der Waals surface area contributed by atoms with Gasteiger partial charge in [-0.3, -0.25) is 9.69 Å². The zero-order valence-corrected chi connectivity index (χ0v) is 23.4. The highest BCUT2D eigenvalue weighted by Crippen LogP contribution is 2.25. The molecule has 2 bridgehead atoms. The van der Waals surface area contributed by atoms with Gasteiger partial charge < -0.3 is 19.9 Å². The molecule has 1 aliphatic heterocycles. The first-order chi connectivity index (χ1) is 19.3. The van der Waals surface area contributed by atoms with Gasteiger partial charge in [0.1, 0.15) is 24.7 Å². The maximum absolute atomic E-state index is 12.0. The van der Waals surface area contributed by atoms with Crippen LogP contribution in [0.2, 0.25) is 0 Å². The summed E-state index contributed by atoms with van der Waals surface area (Å²) in [5, 5.41) is 14.3. The van der Waals surface area contributed by atoms with E-state index in [-0.39, 0.29) is 18.5 Å². The van der Waals surface area contributed by atoms with E-state index in [0.717, 1.165) is 23.5 Å². The van der Waals surface area contributed by atoms with Crippen molar-refractivity contribution in [2.75, 3.05) is 6.54 Å². The molecule has 1 aliphatic rings. The third kappa shape index (κ3) is 8.43. The standard InChI is InChI=1S/C27H32N2O3.C7H6O/c1-21(2)29(18-23-10-6-4-7-11-23)20-27(31,28-22(3)30)25-14-16-26(17-15-25)32-19-24-12-8-5-9-13-24;1-2-6-4-7(3-1)8-5-6/h4-17,21,31H,18-20H2,1-3H3,(H,28,30);1-4H,5H2. The molecule has 1 atom stereocenters. The van der Waals surface area contributed by atoms with Crippen LogP contribution in [0.1, 0.15) is 43.0 Å². The van der Waals surface area contributed by atoms with Crippen molar-refractivity contribution in [3.05, 3.63) is 131 Å². The average molecular weight is 539 g/mol. The second-order valence-corrected chi connectivity index (χ2v) is 10.3. The lowest BCUT2D eigenvalue weighted by atomic mass is 10.0. The lowest BCUT2D eigenvalue weighted by molar-refractivity contribution is -0.129. The monoisotopic (exact) mass is 538 g/mol. The topological polar surface area (TPSA) is 71.0 Å². The molecule has 40 heavy (non-hydrogen) atoms. The van der Waals surface area contributed by atoms with E-state index in [0.29, 0.717) is 24.5 Å². The molecule has 0 saturated carbocycles. The molecule has 4 aromatic rings. The number of benzene rings is 4. The minimum atomic E-state index is -1.52. The molecule has 0 aliphatic carbocycles. The molecule has 2 N–H and O–H groups in total. The summed E-state index contributed by atoms with van der Waals surface area (Å²) in [5.74, 6) is 1.41. The van der Waals surface area contributed by atoms with Gasteiger partial charge in [0.25, 0.3) is 0 Å². The SMILES string of the molecule is CC(=O)NC(O)(CN(Cc1ccccc1)C(C)C)c1ccc(OCc2ccccc2)cc1.c1cc2cc(c1)OC2. The van der Waals surface area contributed by atoms with Gasteiger partial charge in [-0.05, 0) is 54.8 Å². The van der Waals surface area contributed by atoms with Gasteiger partial charge in [-0.15, -0.1) is 0 Å². The van der Waals surface area contributed by atoms with Crippen molar-refractivity contribution in [3.8, 4) is 11.5 Å². The molecule has 0 aromatic heterocycles. The molecule has 0 radical (unpaired) electrons. The Morgan fingerprint density at radius 1 is 0.925 bits per heavy atom. The number of fused-ring (bicyclic) bond motifs is 2. The van der Waals surface area contributed by atoms with Gasteiger partial charge >= 0.3 is 0 Å². The predicted octanol–water partition coefficient (Wildman–Crippen LogP) is 6.04. The Morgan fingerprint density at radius 3 is 2.15 bits per heavy atom. The van der Waals surface area contributed by atoms with Crippen molar-refractivity contribution in [1.29, 1.82) is 0 Å². The van der Waals surface area contributed by atoms with Gasteiger partial charge in [0.15, 0.2) is 5.72 Å². The van der Waals surface area contributed by atoms with Crippen LogP contribution < -0.4 is 14.8 Å². The van der Waals surface area contributed by atoms with Crippen molar-refractivity contribution < 1.29 is 19.4 Å². The van der Waals surface area contributed by atoms with Gasteiger partial charge in [-0.25, -0.2) is 0 Å². The van der Waals surface area contributed by atoms with E-state index < -0.39 is 5.72 Å². The molecule has 0 saturated heterocycles. The second kappa shape index (κ2) is 13.8. The lowest BCUT2D eigenvalue weighted by Gasteiger charge is -2.37. The van der Waals surface area contributed by atoms with Crippen molar-refractivity contribution in [2.24, 2.45) is 0 Å². The van der Waals surface area contributed by atoms with Crippen molar-refractivity contribution >= 4 is 5.91 Å². The van der Waals surface area contributed by atoms with Gasteiger partial charge in [0.05, 0.1) is 6.54 Å². The summed E-state index contributed by atoms with van der Waals surface area (Å²) >= 11 is 0. The highest BCUT2D eigenvalue weighted by Gasteiger charge is 2.33. The number of aliphatic hydroxyl groups is 1. The molecule has 0 fully saturated rings. The van der Waals surface area contributed by atoms with Crippen LogP contribution in [0, 0.1) is 0 Å². The van der Waals surface area contributed by atoms with Crippen LogP contribution >= 0.6 is 0 Å². The Kier molecular flexibility index (Phi) is 9.95. The summed E-state index contributed by atoms with van der Waals surface area (Å²) in [7, 11) is 0. The zero-order chi connectivity index (χ0) is 28.4. The van der Waals surface area contributed by atoms with Crippen LogP contribution in [0.15, 0.2) is 109 Å². The fourth-order valence-electron chi connectivity index (χ4n) is 4.49. The minimum Gasteiger partial charge on any atom is -0.489 e. The largest absolute Gasteiger partial charge is 0.489 e. The summed E-state index contributed by atoms with van der Waals surface area (Å²) in [5.41, 5.74) is 2.60. The van der Waals surface area contributed by atoms with Crippen molar-refractivity contribution in [2.45, 2.75) is 52.3 Å². The molecule has 5 rings (SSSR count). The average Bonchev–Trinajstić information content (AvgIpc) is 3.29. The molecule has 208 valence electrons. The van der Waals surface area contributed by atoms with Gasteiger partial charge in [0.2, 0.25) is 5.91 Å². The number of nitrogens with zero attached hydrogens (tertiary/aromatic N) is 1. The lowest BCUT2D eigenvalue weighted by Crippen LogP contribution is -2.53. The Hall–Kier alpha value is -4.13. The molecular weight excluding hydrogens is 500 g/mol. The van der Waals surface area contributed by atoms with E-state index >= 15 is 0 Å². The van der Waals surface area contributed by atoms with Gasteiger partial charge in [0, 0.05) is 25.1 Å². The fraction of sp³-hybridized carbons (Fsp3) is 0.265. The number of carbonyl (C=O) groups excluding carboxylic acids is 1. The first kappa shape index (κ1) is 28.9. The number of hydrogen-bond acceptors (Lipinski definition) is 5. The third-order valence-electron chi connectivity index (χ3n) is 6.66. The Balaban J connectivity index is 0.000000390. The van der Waals surface area contributed by atoms with Crippen LogP contribution in [0.4, 0.5) is 0 Å². The van der Waals surface area contributed by atoms with E-state index in [1.54, 1.807) is 12.1 Å². The van der Waals surface area contributed by atoms with Crippen LogP contribution in [0.5, 0.6) is 11.5 Å². The van der Waals surface area contributed by atoms with E-state index in [1.807, 2.05) is 72.8 Å². The maximum Gasteiger partial charge on any atom is 0.219 e. The van der Waals surface area contributed by atoms with E-state index in [1.165, 1.54) is 12.5 Å². The van der Waals surface area contributed by atoms with Crippen LogP contribution in [-0.2, 0) is 30.3 Å². The Labute approximate surface area is 237 Å². The van der Waals surface area contributed by atoms with Crippen molar-refractivity contribution in [1.82, 2.24) is 10.2 Å². The molecule has 4 aromatic carbocycles. The van der Waals surface area contributed by atoms with Crippen molar-refractivity contribution in [3.63, 3.8) is 0 Å². The normalized spacial score (nSPS) is 13.2. The quantitative estimate of drug-likeness (QED) is 0.241. The molecule has 6 heteroatoms. The molecule has 0 spiro atoms. The number of carbonyl (C=O) groups is 1. The molecule has 1 unspecified atom stereocenters. The summed E-state index contributed by atoms with van der Waals surface area (Å²) in [6.07, 6.45) is 0. The number of nitrogens with one attached hydrogen (secondary N) is 1. The third-order valence-corrected chi connectivity index (χ3v) is 6.66.